The molecule has 0 unspecified atom stereocenters. The molecule has 0 amide bonds. The van der Waals surface area contributed by atoms with Gasteiger partial charge in [0.1, 0.15) is 5.76 Å². The number of halogens is 1. The van der Waals surface area contributed by atoms with Gasteiger partial charge in [0, 0.05) is 33.4 Å². The molecule has 1 heterocycles. The summed E-state index contributed by atoms with van der Waals surface area (Å²) in [4.78, 5) is 10.6. The van der Waals surface area contributed by atoms with Crippen molar-refractivity contribution in [2.45, 2.75) is 26.9 Å². The van der Waals surface area contributed by atoms with Gasteiger partial charge < -0.3 is 20.0 Å². The molecule has 2 N–H and O–H groups in total. The zero-order chi connectivity index (χ0) is 16.8. The SMILES string of the molecule is CN=C(NCc1ccc(N(C)C)cc1)NCc1nc(C)c(C)o1.I. The summed E-state index contributed by atoms with van der Waals surface area (Å²) >= 11 is 0. The molecule has 0 fully saturated rings. The van der Waals surface area contributed by atoms with Crippen LogP contribution >= 0.6 is 24.0 Å². The lowest BCUT2D eigenvalue weighted by atomic mass is 10.2. The summed E-state index contributed by atoms with van der Waals surface area (Å²) in [6, 6.07) is 8.42. The van der Waals surface area contributed by atoms with Crippen molar-refractivity contribution in [2.75, 3.05) is 26.0 Å². The van der Waals surface area contributed by atoms with E-state index < -0.39 is 0 Å². The molecule has 0 aliphatic carbocycles. The number of rotatable bonds is 5. The highest BCUT2D eigenvalue weighted by Crippen LogP contribution is 2.12. The third-order valence-electron chi connectivity index (χ3n) is 3.62. The van der Waals surface area contributed by atoms with Crippen LogP contribution < -0.4 is 15.5 Å². The van der Waals surface area contributed by atoms with Gasteiger partial charge in [-0.15, -0.1) is 24.0 Å². The molecule has 1 aromatic heterocycles. The summed E-state index contributed by atoms with van der Waals surface area (Å²) in [5, 5.41) is 6.48. The fraction of sp³-hybridized carbons (Fsp3) is 0.412. The van der Waals surface area contributed by atoms with Gasteiger partial charge in [-0.25, -0.2) is 4.98 Å². The van der Waals surface area contributed by atoms with Crippen LogP contribution in [0, 0.1) is 13.8 Å². The number of anilines is 1. The lowest BCUT2D eigenvalue weighted by Gasteiger charge is -2.14. The minimum Gasteiger partial charge on any atom is -0.444 e. The van der Waals surface area contributed by atoms with Crippen molar-refractivity contribution in [1.29, 1.82) is 0 Å². The molecule has 2 aromatic rings. The second-order valence-electron chi connectivity index (χ2n) is 5.59. The highest BCUT2D eigenvalue weighted by atomic mass is 127. The third-order valence-corrected chi connectivity index (χ3v) is 3.62. The molecule has 7 heteroatoms. The Bertz CT molecular complexity index is 645. The summed E-state index contributed by atoms with van der Waals surface area (Å²) in [7, 11) is 5.81. The average molecular weight is 443 g/mol. The Hall–Kier alpha value is -1.77. The van der Waals surface area contributed by atoms with Gasteiger partial charge in [-0.3, -0.25) is 4.99 Å². The van der Waals surface area contributed by atoms with Gasteiger partial charge in [-0.1, -0.05) is 12.1 Å². The number of benzene rings is 1. The lowest BCUT2D eigenvalue weighted by Crippen LogP contribution is -2.36. The van der Waals surface area contributed by atoms with Crippen molar-refractivity contribution in [3.63, 3.8) is 0 Å². The number of hydrogen-bond donors (Lipinski definition) is 2. The van der Waals surface area contributed by atoms with E-state index >= 15 is 0 Å². The van der Waals surface area contributed by atoms with Crippen LogP contribution in [0.15, 0.2) is 33.7 Å². The second-order valence-corrected chi connectivity index (χ2v) is 5.59. The molecule has 6 nitrogen and oxygen atoms in total. The van der Waals surface area contributed by atoms with E-state index in [0.717, 1.165) is 17.4 Å². The predicted molar refractivity (Wildman–Crippen MR) is 109 cm³/mol. The standard InChI is InChI=1S/C17H25N5O.HI/c1-12-13(2)23-16(21-12)11-20-17(18-3)19-10-14-6-8-15(9-7-14)22(4)5;/h6-9H,10-11H2,1-5H3,(H2,18,19,20);1H. The summed E-state index contributed by atoms with van der Waals surface area (Å²) < 4.78 is 5.55. The lowest BCUT2D eigenvalue weighted by molar-refractivity contribution is 0.463. The highest BCUT2D eigenvalue weighted by Gasteiger charge is 2.06. The topological polar surface area (TPSA) is 65.7 Å². The van der Waals surface area contributed by atoms with Crippen molar-refractivity contribution in [1.82, 2.24) is 15.6 Å². The Labute approximate surface area is 160 Å². The first-order valence-corrected chi connectivity index (χ1v) is 7.63. The van der Waals surface area contributed by atoms with Crippen molar-refractivity contribution < 1.29 is 4.42 Å². The molecule has 0 radical (unpaired) electrons. The number of aromatic nitrogens is 1. The Kier molecular flexibility index (Phi) is 8.03. The first-order chi connectivity index (χ1) is 11.0. The van der Waals surface area contributed by atoms with Crippen molar-refractivity contribution >= 4 is 35.6 Å². The predicted octanol–water partition coefficient (Wildman–Crippen LogP) is 2.84. The van der Waals surface area contributed by atoms with E-state index in [-0.39, 0.29) is 24.0 Å². The fourth-order valence-electron chi connectivity index (χ4n) is 2.09. The van der Waals surface area contributed by atoms with Crippen molar-refractivity contribution in [3.8, 4) is 0 Å². The monoisotopic (exact) mass is 443 g/mol. The van der Waals surface area contributed by atoms with E-state index in [0.29, 0.717) is 19.0 Å². The number of oxazole rings is 1. The molecule has 0 saturated heterocycles. The second kappa shape index (κ2) is 9.51. The van der Waals surface area contributed by atoms with E-state index in [1.807, 2.05) is 27.9 Å². The van der Waals surface area contributed by atoms with Gasteiger partial charge in [0.05, 0.1) is 12.2 Å². The van der Waals surface area contributed by atoms with E-state index in [1.165, 1.54) is 11.3 Å². The molecule has 0 atom stereocenters. The smallest absolute Gasteiger partial charge is 0.214 e. The van der Waals surface area contributed by atoms with E-state index in [4.69, 9.17) is 4.42 Å². The molecule has 132 valence electrons. The van der Waals surface area contributed by atoms with E-state index in [1.54, 1.807) is 7.05 Å². The van der Waals surface area contributed by atoms with Gasteiger partial charge in [0.25, 0.3) is 0 Å². The number of hydrogen-bond acceptors (Lipinski definition) is 4. The van der Waals surface area contributed by atoms with Crippen LogP contribution in [0.1, 0.15) is 22.9 Å². The molecule has 24 heavy (non-hydrogen) atoms. The maximum absolute atomic E-state index is 5.55. The maximum Gasteiger partial charge on any atom is 0.214 e. The minimum atomic E-state index is 0. The van der Waals surface area contributed by atoms with Crippen LogP contribution in [-0.4, -0.2) is 32.1 Å². The van der Waals surface area contributed by atoms with Gasteiger partial charge in [-0.2, -0.15) is 0 Å². The first-order valence-electron chi connectivity index (χ1n) is 7.63. The molecule has 0 saturated carbocycles. The zero-order valence-electron chi connectivity index (χ0n) is 14.9. The summed E-state index contributed by atoms with van der Waals surface area (Å²) in [5.74, 6) is 2.24. The van der Waals surface area contributed by atoms with Crippen molar-refractivity contribution in [2.24, 2.45) is 4.99 Å². The Balaban J connectivity index is 0.00000288. The Morgan fingerprint density at radius 1 is 1.12 bits per heavy atom. The van der Waals surface area contributed by atoms with Crippen LogP contribution in [0.5, 0.6) is 0 Å². The summed E-state index contributed by atoms with van der Waals surface area (Å²) in [6.45, 7) is 5.06. The molecule has 0 spiro atoms. The van der Waals surface area contributed by atoms with Gasteiger partial charge in [0.15, 0.2) is 5.96 Å². The van der Waals surface area contributed by atoms with E-state index in [2.05, 4.69) is 49.8 Å². The molecular formula is C17H26IN5O. The molecular weight excluding hydrogens is 417 g/mol. The number of nitrogens with zero attached hydrogens (tertiary/aromatic N) is 3. The average Bonchev–Trinajstić information content (AvgIpc) is 2.86. The molecule has 0 aliphatic heterocycles. The number of nitrogens with one attached hydrogen (secondary N) is 2. The van der Waals surface area contributed by atoms with Crippen LogP contribution in [0.25, 0.3) is 0 Å². The van der Waals surface area contributed by atoms with Crippen molar-refractivity contribution in [3.05, 3.63) is 47.2 Å². The molecule has 2 rings (SSSR count). The quantitative estimate of drug-likeness (QED) is 0.423. The normalized spacial score (nSPS) is 11.0. The van der Waals surface area contributed by atoms with Crippen LogP contribution in [-0.2, 0) is 13.1 Å². The van der Waals surface area contributed by atoms with Crippen LogP contribution in [0.2, 0.25) is 0 Å². The molecule has 1 aromatic carbocycles. The molecule has 0 bridgehead atoms. The van der Waals surface area contributed by atoms with Gasteiger partial charge in [-0.05, 0) is 31.5 Å². The van der Waals surface area contributed by atoms with Gasteiger partial charge >= 0.3 is 0 Å². The number of aryl methyl sites for hydroxylation is 2. The first kappa shape index (κ1) is 20.3. The highest BCUT2D eigenvalue weighted by molar-refractivity contribution is 14.0. The number of aliphatic imine (C=N–C) groups is 1. The van der Waals surface area contributed by atoms with Crippen LogP contribution in [0.4, 0.5) is 5.69 Å². The molecule has 0 aliphatic rings. The largest absolute Gasteiger partial charge is 0.444 e. The van der Waals surface area contributed by atoms with E-state index in [9.17, 15) is 0 Å². The Morgan fingerprint density at radius 2 is 1.75 bits per heavy atom. The van der Waals surface area contributed by atoms with Crippen LogP contribution in [0.3, 0.4) is 0 Å². The third kappa shape index (κ3) is 5.70. The fourth-order valence-corrected chi connectivity index (χ4v) is 2.09. The zero-order valence-corrected chi connectivity index (χ0v) is 17.2. The summed E-state index contributed by atoms with van der Waals surface area (Å²) in [5.41, 5.74) is 3.30. The number of guanidine groups is 1. The summed E-state index contributed by atoms with van der Waals surface area (Å²) in [6.07, 6.45) is 0. The van der Waals surface area contributed by atoms with Gasteiger partial charge in [0.2, 0.25) is 5.89 Å². The minimum absolute atomic E-state index is 0. The Morgan fingerprint density at radius 3 is 2.25 bits per heavy atom. The maximum atomic E-state index is 5.55.